The smallest absolute Gasteiger partial charge is 0.103 e. The maximum Gasteiger partial charge on any atom is 0.103 e. The number of hydrogen-bond acceptors (Lipinski definition) is 4. The van der Waals surface area contributed by atoms with Crippen molar-refractivity contribution in [3.8, 4) is 0 Å². The molecule has 0 amide bonds. The van der Waals surface area contributed by atoms with Crippen molar-refractivity contribution in [2.45, 2.75) is 23.7 Å². The van der Waals surface area contributed by atoms with Gasteiger partial charge in [0.1, 0.15) is 5.44 Å². The predicted octanol–water partition coefficient (Wildman–Crippen LogP) is 3.05. The van der Waals surface area contributed by atoms with E-state index in [1.165, 1.54) is 0 Å². The van der Waals surface area contributed by atoms with E-state index < -0.39 is 0 Å². The topological polar surface area (TPSA) is 38.7 Å². The molecule has 1 unspecified atom stereocenters. The van der Waals surface area contributed by atoms with Gasteiger partial charge < -0.3 is 14.6 Å². The molecule has 1 N–H and O–H groups in total. The molecule has 1 heterocycles. The Labute approximate surface area is 126 Å². The molecule has 1 aromatic rings. The van der Waals surface area contributed by atoms with Gasteiger partial charge in [0.15, 0.2) is 0 Å². The number of rotatable bonds is 6. The van der Waals surface area contributed by atoms with E-state index in [1.807, 2.05) is 24.3 Å². The number of methoxy groups -OCH3 is 1. The molecule has 0 aliphatic carbocycles. The highest BCUT2D eigenvalue weighted by Crippen LogP contribution is 2.38. The second-order valence-electron chi connectivity index (χ2n) is 4.66. The lowest BCUT2D eigenvalue weighted by Gasteiger charge is -2.16. The minimum absolute atomic E-state index is 0.193. The van der Waals surface area contributed by atoms with Gasteiger partial charge in [0.05, 0.1) is 13.2 Å². The molecule has 1 saturated heterocycles. The van der Waals surface area contributed by atoms with Crippen LogP contribution >= 0.6 is 27.7 Å². The van der Waals surface area contributed by atoms with Crippen LogP contribution in [0.1, 0.15) is 12.0 Å². The Kier molecular flexibility index (Phi) is 6.16. The van der Waals surface area contributed by atoms with E-state index in [-0.39, 0.29) is 18.0 Å². The van der Waals surface area contributed by atoms with Crippen LogP contribution in [0.25, 0.3) is 0 Å². The summed E-state index contributed by atoms with van der Waals surface area (Å²) in [6, 6.07) is 8.13. The van der Waals surface area contributed by atoms with E-state index in [0.717, 1.165) is 16.5 Å². The molecule has 1 fully saturated rings. The number of halogens is 1. The molecule has 2 rings (SSSR count). The number of hydrogen-bond donors (Lipinski definition) is 1. The number of thioether (sulfide) groups is 1. The van der Waals surface area contributed by atoms with Crippen molar-refractivity contribution in [1.82, 2.24) is 0 Å². The van der Waals surface area contributed by atoms with Gasteiger partial charge >= 0.3 is 0 Å². The zero-order valence-electron chi connectivity index (χ0n) is 10.9. The zero-order valence-corrected chi connectivity index (χ0v) is 13.3. The quantitative estimate of drug-likeness (QED) is 0.859. The Morgan fingerprint density at radius 1 is 1.37 bits per heavy atom. The average Bonchev–Trinajstić information content (AvgIpc) is 2.83. The van der Waals surface area contributed by atoms with Gasteiger partial charge in [0, 0.05) is 23.4 Å². The summed E-state index contributed by atoms with van der Waals surface area (Å²) in [4.78, 5) is 0. The summed E-state index contributed by atoms with van der Waals surface area (Å²) in [5.74, 6) is 0.278. The molecule has 0 radical (unpaired) electrons. The maximum absolute atomic E-state index is 9.37. The average molecular weight is 347 g/mol. The molecule has 1 aromatic carbocycles. The number of aliphatic hydroxyl groups is 1. The second kappa shape index (κ2) is 7.64. The number of ether oxygens (including phenoxy) is 2. The van der Waals surface area contributed by atoms with Crippen LogP contribution in [-0.2, 0) is 16.1 Å². The third kappa shape index (κ3) is 4.46. The van der Waals surface area contributed by atoms with Crippen molar-refractivity contribution in [2.75, 3.05) is 20.3 Å². The lowest BCUT2D eigenvalue weighted by molar-refractivity contribution is 0.0943. The summed E-state index contributed by atoms with van der Waals surface area (Å²) in [5.41, 5.74) is 1.36. The summed E-state index contributed by atoms with van der Waals surface area (Å²) >= 11 is 5.18. The first-order chi connectivity index (χ1) is 9.22. The molecule has 0 aromatic heterocycles. The fourth-order valence-corrected chi connectivity index (χ4v) is 3.87. The van der Waals surface area contributed by atoms with Crippen LogP contribution in [0.4, 0.5) is 0 Å². The molecule has 3 nitrogen and oxygen atoms in total. The van der Waals surface area contributed by atoms with Crippen LogP contribution in [0, 0.1) is 5.92 Å². The summed E-state index contributed by atoms with van der Waals surface area (Å²) < 4.78 is 12.2. The zero-order chi connectivity index (χ0) is 13.7. The number of benzene rings is 1. The third-order valence-electron chi connectivity index (χ3n) is 3.31. The Balaban J connectivity index is 1.77. The monoisotopic (exact) mass is 346 g/mol. The fraction of sp³-hybridized carbons (Fsp3) is 0.571. The van der Waals surface area contributed by atoms with Gasteiger partial charge in [0.25, 0.3) is 0 Å². The second-order valence-corrected chi connectivity index (χ2v) is 6.98. The fourth-order valence-electron chi connectivity index (χ4n) is 2.15. The van der Waals surface area contributed by atoms with Crippen LogP contribution in [-0.4, -0.2) is 36.1 Å². The summed E-state index contributed by atoms with van der Waals surface area (Å²) in [7, 11) is 1.72. The Morgan fingerprint density at radius 3 is 2.74 bits per heavy atom. The molecule has 19 heavy (non-hydrogen) atoms. The molecule has 1 aliphatic heterocycles. The van der Waals surface area contributed by atoms with E-state index in [2.05, 4.69) is 15.9 Å². The Morgan fingerprint density at radius 2 is 2.11 bits per heavy atom. The third-order valence-corrected chi connectivity index (χ3v) is 5.40. The summed E-state index contributed by atoms with van der Waals surface area (Å²) in [5, 5.41) is 9.69. The van der Waals surface area contributed by atoms with Gasteiger partial charge in [0.2, 0.25) is 0 Å². The van der Waals surface area contributed by atoms with Crippen molar-refractivity contribution in [2.24, 2.45) is 5.92 Å². The first kappa shape index (κ1) is 15.3. The molecule has 0 saturated carbocycles. The Hall–Kier alpha value is -0.0700. The van der Waals surface area contributed by atoms with E-state index in [4.69, 9.17) is 9.47 Å². The van der Waals surface area contributed by atoms with Gasteiger partial charge in [-0.15, -0.1) is 11.8 Å². The number of aliphatic hydroxyl groups excluding tert-OH is 1. The first-order valence-electron chi connectivity index (χ1n) is 6.34. The SMILES string of the molecule is COC1C[C@H](CO)[C@@H](COCc2ccc(Br)cc2)S1. The van der Waals surface area contributed by atoms with Crippen molar-refractivity contribution in [3.05, 3.63) is 34.3 Å². The van der Waals surface area contributed by atoms with Crippen molar-refractivity contribution in [3.63, 3.8) is 0 Å². The van der Waals surface area contributed by atoms with E-state index in [1.54, 1.807) is 18.9 Å². The molecular weight excluding hydrogens is 328 g/mol. The molecular formula is C14H19BrO3S. The lowest BCUT2D eigenvalue weighted by atomic mass is 10.0. The van der Waals surface area contributed by atoms with Gasteiger partial charge in [-0.05, 0) is 30.0 Å². The minimum Gasteiger partial charge on any atom is -0.396 e. The normalized spacial score (nSPS) is 26.8. The summed E-state index contributed by atoms with van der Waals surface area (Å²) in [6.45, 7) is 1.48. The highest BCUT2D eigenvalue weighted by molar-refractivity contribution is 9.10. The molecule has 0 bridgehead atoms. The largest absolute Gasteiger partial charge is 0.396 e. The molecule has 106 valence electrons. The van der Waals surface area contributed by atoms with Crippen molar-refractivity contribution >= 4 is 27.7 Å². The van der Waals surface area contributed by atoms with Gasteiger partial charge in [-0.1, -0.05) is 28.1 Å². The lowest BCUT2D eigenvalue weighted by Crippen LogP contribution is -2.21. The molecule has 0 spiro atoms. The molecule has 3 atom stereocenters. The van der Waals surface area contributed by atoms with Crippen LogP contribution in [0.3, 0.4) is 0 Å². The standard InChI is InChI=1S/C14H19BrO3S/c1-17-14-6-11(7-16)13(19-14)9-18-8-10-2-4-12(15)5-3-10/h2-5,11,13-14,16H,6-9H2,1H3/t11-,13-,14?/m1/s1. The van der Waals surface area contributed by atoms with E-state index >= 15 is 0 Å². The Bertz CT molecular complexity index is 385. The summed E-state index contributed by atoms with van der Waals surface area (Å²) in [6.07, 6.45) is 0.907. The van der Waals surface area contributed by atoms with E-state index in [9.17, 15) is 5.11 Å². The van der Waals surface area contributed by atoms with Crippen LogP contribution in [0.5, 0.6) is 0 Å². The van der Waals surface area contributed by atoms with Crippen molar-refractivity contribution < 1.29 is 14.6 Å². The van der Waals surface area contributed by atoms with E-state index in [0.29, 0.717) is 18.5 Å². The van der Waals surface area contributed by atoms with Crippen molar-refractivity contribution in [1.29, 1.82) is 0 Å². The highest BCUT2D eigenvalue weighted by atomic mass is 79.9. The molecule has 5 heteroatoms. The van der Waals surface area contributed by atoms with Gasteiger partial charge in [-0.3, -0.25) is 0 Å². The minimum atomic E-state index is 0.193. The predicted molar refractivity (Wildman–Crippen MR) is 81.2 cm³/mol. The van der Waals surface area contributed by atoms with Crippen LogP contribution < -0.4 is 0 Å². The van der Waals surface area contributed by atoms with Gasteiger partial charge in [-0.25, -0.2) is 0 Å². The first-order valence-corrected chi connectivity index (χ1v) is 8.07. The highest BCUT2D eigenvalue weighted by Gasteiger charge is 2.34. The maximum atomic E-state index is 9.37. The van der Waals surface area contributed by atoms with Gasteiger partial charge in [-0.2, -0.15) is 0 Å². The van der Waals surface area contributed by atoms with Crippen LogP contribution in [0.15, 0.2) is 28.7 Å². The van der Waals surface area contributed by atoms with Crippen LogP contribution in [0.2, 0.25) is 0 Å². The molecule has 1 aliphatic rings.